The number of benzene rings is 1. The van der Waals surface area contributed by atoms with E-state index in [1.54, 1.807) is 19.2 Å². The van der Waals surface area contributed by atoms with E-state index in [9.17, 15) is 4.79 Å². The summed E-state index contributed by atoms with van der Waals surface area (Å²) in [6, 6.07) is 13.4. The molecular formula is C17H15ClN2O2. The first kappa shape index (κ1) is 14.6. The Kier molecular flexibility index (Phi) is 4.11. The van der Waals surface area contributed by atoms with Crippen molar-refractivity contribution in [3.05, 3.63) is 59.4 Å². The maximum absolute atomic E-state index is 11.9. The number of halogens is 1. The number of hydrogen-bond acceptors (Lipinski definition) is 3. The van der Waals surface area contributed by atoms with Crippen LogP contribution in [0.1, 0.15) is 12.6 Å². The van der Waals surface area contributed by atoms with Crippen LogP contribution in [-0.4, -0.2) is 22.0 Å². The molecule has 0 radical (unpaired) electrons. The Labute approximate surface area is 133 Å². The van der Waals surface area contributed by atoms with Crippen molar-refractivity contribution >= 4 is 23.2 Å². The highest BCUT2D eigenvalue weighted by atomic mass is 35.5. The average molecular weight is 315 g/mol. The van der Waals surface area contributed by atoms with E-state index in [1.165, 1.54) is 0 Å². The van der Waals surface area contributed by atoms with Gasteiger partial charge in [0.2, 0.25) is 0 Å². The monoisotopic (exact) mass is 314 g/mol. The molecule has 0 atom stereocenters. The zero-order valence-electron chi connectivity index (χ0n) is 12.1. The molecule has 0 N–H and O–H groups in total. The third-order valence-electron chi connectivity index (χ3n) is 3.35. The van der Waals surface area contributed by atoms with Crippen molar-refractivity contribution in [3.8, 4) is 11.3 Å². The molecule has 0 bridgehead atoms. The Morgan fingerprint density at radius 3 is 2.73 bits per heavy atom. The zero-order chi connectivity index (χ0) is 15.5. The molecular weight excluding hydrogens is 300 g/mol. The second-order valence-corrected chi connectivity index (χ2v) is 5.27. The Morgan fingerprint density at radius 2 is 2.00 bits per heavy atom. The van der Waals surface area contributed by atoms with Crippen LogP contribution in [0.25, 0.3) is 16.9 Å². The first-order chi connectivity index (χ1) is 10.7. The van der Waals surface area contributed by atoms with Gasteiger partial charge in [-0.25, -0.2) is 4.98 Å². The summed E-state index contributed by atoms with van der Waals surface area (Å²) in [5.41, 5.74) is 3.27. The van der Waals surface area contributed by atoms with Crippen LogP contribution in [0.4, 0.5) is 0 Å². The van der Waals surface area contributed by atoms with Crippen LogP contribution < -0.4 is 0 Å². The minimum Gasteiger partial charge on any atom is -0.466 e. The molecule has 0 spiro atoms. The lowest BCUT2D eigenvalue weighted by Crippen LogP contribution is -2.10. The zero-order valence-corrected chi connectivity index (χ0v) is 12.9. The predicted molar refractivity (Wildman–Crippen MR) is 86.0 cm³/mol. The molecule has 5 heteroatoms. The maximum Gasteiger partial charge on any atom is 0.311 e. The van der Waals surface area contributed by atoms with E-state index in [-0.39, 0.29) is 12.4 Å². The number of esters is 1. The Morgan fingerprint density at radius 1 is 1.23 bits per heavy atom. The summed E-state index contributed by atoms with van der Waals surface area (Å²) < 4.78 is 6.92. The maximum atomic E-state index is 11.9. The van der Waals surface area contributed by atoms with Crippen molar-refractivity contribution in [2.24, 2.45) is 0 Å². The van der Waals surface area contributed by atoms with Crippen molar-refractivity contribution in [2.75, 3.05) is 6.61 Å². The Bertz CT molecular complexity index is 812. The second kappa shape index (κ2) is 6.20. The molecule has 2 heterocycles. The van der Waals surface area contributed by atoms with Gasteiger partial charge in [0, 0.05) is 11.8 Å². The molecule has 22 heavy (non-hydrogen) atoms. The first-order valence-electron chi connectivity index (χ1n) is 7.06. The van der Waals surface area contributed by atoms with Gasteiger partial charge < -0.3 is 9.14 Å². The lowest BCUT2D eigenvalue weighted by atomic mass is 10.1. The normalized spacial score (nSPS) is 10.8. The number of hydrogen-bond donors (Lipinski definition) is 0. The number of ether oxygens (including phenoxy) is 1. The molecule has 2 aromatic heterocycles. The summed E-state index contributed by atoms with van der Waals surface area (Å²) in [4.78, 5) is 16.6. The predicted octanol–water partition coefficient (Wildman–Crippen LogP) is 3.76. The fourth-order valence-corrected chi connectivity index (χ4v) is 2.57. The van der Waals surface area contributed by atoms with Crippen LogP contribution >= 0.6 is 11.6 Å². The molecule has 112 valence electrons. The molecule has 4 nitrogen and oxygen atoms in total. The fraction of sp³-hybridized carbons (Fsp3) is 0.176. The van der Waals surface area contributed by atoms with Crippen molar-refractivity contribution in [3.63, 3.8) is 0 Å². The SMILES string of the molecule is CCOC(=O)Cc1c(-c2ccccc2)nc2ccc(Cl)cn12. The van der Waals surface area contributed by atoms with Crippen LogP contribution in [0.15, 0.2) is 48.7 Å². The van der Waals surface area contributed by atoms with E-state index >= 15 is 0 Å². The first-order valence-corrected chi connectivity index (χ1v) is 7.44. The third kappa shape index (κ3) is 2.83. The van der Waals surface area contributed by atoms with E-state index in [1.807, 2.05) is 40.8 Å². The van der Waals surface area contributed by atoms with Crippen LogP contribution in [-0.2, 0) is 16.0 Å². The number of carbonyl (C=O) groups excluding carboxylic acids is 1. The lowest BCUT2D eigenvalue weighted by Gasteiger charge is -2.05. The molecule has 3 aromatic rings. The molecule has 1 aromatic carbocycles. The fourth-order valence-electron chi connectivity index (χ4n) is 2.41. The van der Waals surface area contributed by atoms with Crippen LogP contribution in [0, 0.1) is 0 Å². The average Bonchev–Trinajstić information content (AvgIpc) is 2.86. The van der Waals surface area contributed by atoms with Gasteiger partial charge in [-0.3, -0.25) is 4.79 Å². The van der Waals surface area contributed by atoms with Crippen LogP contribution in [0.3, 0.4) is 0 Å². The van der Waals surface area contributed by atoms with Crippen LogP contribution in [0.2, 0.25) is 5.02 Å². The van der Waals surface area contributed by atoms with E-state index < -0.39 is 0 Å². The van der Waals surface area contributed by atoms with Gasteiger partial charge in [0.1, 0.15) is 5.65 Å². The van der Waals surface area contributed by atoms with Gasteiger partial charge in [0.15, 0.2) is 0 Å². The van der Waals surface area contributed by atoms with Crippen molar-refractivity contribution < 1.29 is 9.53 Å². The molecule has 0 aliphatic carbocycles. The summed E-state index contributed by atoms with van der Waals surface area (Å²) in [5.74, 6) is -0.276. The standard InChI is InChI=1S/C17H15ClN2O2/c1-2-22-16(21)10-14-17(12-6-4-3-5-7-12)19-15-9-8-13(18)11-20(14)15/h3-9,11H,2,10H2,1H3. The Hall–Kier alpha value is -2.33. The van der Waals surface area contributed by atoms with Crippen LogP contribution in [0.5, 0.6) is 0 Å². The number of rotatable bonds is 4. The number of nitrogens with zero attached hydrogens (tertiary/aromatic N) is 2. The van der Waals surface area contributed by atoms with Gasteiger partial charge in [-0.2, -0.15) is 0 Å². The minimum absolute atomic E-state index is 0.152. The highest BCUT2D eigenvalue weighted by Crippen LogP contribution is 2.26. The molecule has 0 saturated heterocycles. The van der Waals surface area contributed by atoms with E-state index in [4.69, 9.17) is 16.3 Å². The van der Waals surface area contributed by atoms with E-state index in [0.717, 1.165) is 22.6 Å². The summed E-state index contributed by atoms with van der Waals surface area (Å²) in [7, 11) is 0. The smallest absolute Gasteiger partial charge is 0.311 e. The summed E-state index contributed by atoms with van der Waals surface area (Å²) >= 11 is 6.08. The molecule has 0 amide bonds. The summed E-state index contributed by atoms with van der Waals surface area (Å²) in [6.07, 6.45) is 1.92. The third-order valence-corrected chi connectivity index (χ3v) is 3.57. The van der Waals surface area contributed by atoms with E-state index in [2.05, 4.69) is 4.98 Å². The largest absolute Gasteiger partial charge is 0.466 e. The number of carbonyl (C=O) groups is 1. The molecule has 0 saturated carbocycles. The molecule has 0 fully saturated rings. The van der Waals surface area contributed by atoms with Gasteiger partial charge >= 0.3 is 5.97 Å². The van der Waals surface area contributed by atoms with Gasteiger partial charge in [0.25, 0.3) is 0 Å². The van der Waals surface area contributed by atoms with E-state index in [0.29, 0.717) is 11.6 Å². The molecule has 3 rings (SSSR count). The molecule has 0 unspecified atom stereocenters. The summed E-state index contributed by atoms with van der Waals surface area (Å²) in [5, 5.41) is 0.592. The number of aromatic nitrogens is 2. The highest BCUT2D eigenvalue weighted by molar-refractivity contribution is 6.30. The van der Waals surface area contributed by atoms with Gasteiger partial charge in [-0.1, -0.05) is 41.9 Å². The molecule has 0 aliphatic heterocycles. The van der Waals surface area contributed by atoms with Crippen molar-refractivity contribution in [1.29, 1.82) is 0 Å². The van der Waals surface area contributed by atoms with Crippen molar-refractivity contribution in [1.82, 2.24) is 9.38 Å². The topological polar surface area (TPSA) is 43.6 Å². The molecule has 0 aliphatic rings. The quantitative estimate of drug-likeness (QED) is 0.689. The van der Waals surface area contributed by atoms with Gasteiger partial charge in [-0.05, 0) is 19.1 Å². The lowest BCUT2D eigenvalue weighted by molar-refractivity contribution is -0.142. The van der Waals surface area contributed by atoms with Crippen molar-refractivity contribution in [2.45, 2.75) is 13.3 Å². The van der Waals surface area contributed by atoms with Gasteiger partial charge in [-0.15, -0.1) is 0 Å². The van der Waals surface area contributed by atoms with Gasteiger partial charge in [0.05, 0.1) is 29.4 Å². The highest BCUT2D eigenvalue weighted by Gasteiger charge is 2.17. The second-order valence-electron chi connectivity index (χ2n) is 4.83. The number of fused-ring (bicyclic) bond motifs is 1. The minimum atomic E-state index is -0.276. The summed E-state index contributed by atoms with van der Waals surface area (Å²) in [6.45, 7) is 2.15. The number of imidazole rings is 1. The Balaban J connectivity index is 2.16. The number of pyridine rings is 1.